The van der Waals surface area contributed by atoms with E-state index >= 15 is 9.59 Å². The first-order chi connectivity index (χ1) is 37.1. The molecule has 0 radical (unpaired) electrons. The average molecular weight is 1040 g/mol. The maximum Gasteiger partial charge on any atom is 0.266 e. The first-order valence-electron chi connectivity index (χ1n) is 26.8. The van der Waals surface area contributed by atoms with Crippen molar-refractivity contribution < 1.29 is 52.3 Å². The van der Waals surface area contributed by atoms with Crippen molar-refractivity contribution in [3.05, 3.63) is 137 Å². The van der Waals surface area contributed by atoms with Gasteiger partial charge in [-0.2, -0.15) is 0 Å². The summed E-state index contributed by atoms with van der Waals surface area (Å²) in [5, 5.41) is 4.73. The Labute approximate surface area is 448 Å². The van der Waals surface area contributed by atoms with Crippen LogP contribution in [0.5, 0.6) is 34.5 Å². The standard InChI is InChI=1S/C64H64N2O11/c1-8-9-10-11-26-65-59(67)45-23-21-43-56-52(77-42-19-14-39(15-20-42)64(5,6)7)37-48-54-46(61(69)66(62(48)70)40-16-25-49-50(35-40)75-34-32-73-30-28-71-27-29-72-31-33-74-49)24-22-44(58(54)56)55-51(36-47(60(65)68)53(45)57(43)55)76-41-17-12-38(13-18-41)63(2,3)4/h12-25,35-37H,8-11,26-34H2,1-7H3. The Kier molecular flexibility index (Phi) is 13.9. The fourth-order valence-corrected chi connectivity index (χ4v) is 10.9. The lowest BCUT2D eigenvalue weighted by Crippen LogP contribution is -2.41. The van der Waals surface area contributed by atoms with Crippen LogP contribution in [-0.2, 0) is 25.0 Å². The van der Waals surface area contributed by atoms with Gasteiger partial charge < -0.3 is 33.2 Å². The van der Waals surface area contributed by atoms with Crippen molar-refractivity contribution in [3.63, 3.8) is 0 Å². The SMILES string of the molecule is CCCCCCN1C(=O)c2ccc3c4c(Oc5ccc(C(C)(C)C)cc5)cc5c6c(ccc(c7c(Oc8ccc(C(C)(C)C)cc8)cc(c2c37)C1=O)c64)C(=O)N(c1ccc2c(c1)OCCOCCOCCOCCO2)C5=O. The van der Waals surface area contributed by atoms with Crippen molar-refractivity contribution >= 4 is 72.4 Å². The van der Waals surface area contributed by atoms with E-state index in [2.05, 4.69) is 48.5 Å². The van der Waals surface area contributed by atoms with E-state index in [1.807, 2.05) is 60.7 Å². The van der Waals surface area contributed by atoms with Gasteiger partial charge in [0.1, 0.15) is 36.2 Å². The van der Waals surface area contributed by atoms with Gasteiger partial charge >= 0.3 is 0 Å². The second kappa shape index (κ2) is 20.8. The number of unbranched alkanes of at least 4 members (excludes halogenated alkanes) is 3. The lowest BCUT2D eigenvalue weighted by Gasteiger charge is -2.31. The fourth-order valence-electron chi connectivity index (χ4n) is 10.9. The molecule has 3 heterocycles. The van der Waals surface area contributed by atoms with Crippen LogP contribution < -0.4 is 23.8 Å². The Hall–Kier alpha value is -7.58. The number of imide groups is 2. The summed E-state index contributed by atoms with van der Waals surface area (Å²) in [6.07, 6.45) is 3.59. The number of fused-ring (bicyclic) bond motifs is 3. The molecule has 3 aliphatic heterocycles. The van der Waals surface area contributed by atoms with E-state index in [1.54, 1.807) is 42.5 Å². The third-order valence-electron chi connectivity index (χ3n) is 14.9. The maximum absolute atomic E-state index is 15.5. The zero-order chi connectivity index (χ0) is 53.8. The van der Waals surface area contributed by atoms with Crippen molar-refractivity contribution in [2.75, 3.05) is 64.3 Å². The Morgan fingerprint density at radius 3 is 1.40 bits per heavy atom. The number of carbonyl (C=O) groups is 4. The molecule has 11 rings (SSSR count). The van der Waals surface area contributed by atoms with Gasteiger partial charge in [0.2, 0.25) is 0 Å². The molecule has 8 aromatic rings. The summed E-state index contributed by atoms with van der Waals surface area (Å²) in [6, 6.07) is 31.6. The molecule has 0 fully saturated rings. The molecule has 0 atom stereocenters. The number of rotatable bonds is 10. The molecule has 3 aliphatic rings. The van der Waals surface area contributed by atoms with E-state index in [4.69, 9.17) is 33.2 Å². The second-order valence-corrected chi connectivity index (χ2v) is 22.1. The smallest absolute Gasteiger partial charge is 0.266 e. The molecular formula is C64H64N2O11. The van der Waals surface area contributed by atoms with Crippen LogP contribution in [0.2, 0.25) is 0 Å². The minimum Gasteiger partial charge on any atom is -0.487 e. The number of nitrogens with zero attached hydrogens (tertiary/aromatic N) is 2. The number of ether oxygens (including phenoxy) is 7. The van der Waals surface area contributed by atoms with Crippen LogP contribution in [0.3, 0.4) is 0 Å². The van der Waals surface area contributed by atoms with Crippen molar-refractivity contribution in [3.8, 4) is 34.5 Å². The molecular weight excluding hydrogens is 973 g/mol. The molecule has 0 saturated heterocycles. The first-order valence-corrected chi connectivity index (χ1v) is 26.8. The van der Waals surface area contributed by atoms with E-state index in [-0.39, 0.29) is 60.3 Å². The Morgan fingerprint density at radius 1 is 0.442 bits per heavy atom. The molecule has 4 amide bonds. The summed E-state index contributed by atoms with van der Waals surface area (Å²) >= 11 is 0. The highest BCUT2D eigenvalue weighted by Gasteiger charge is 2.40. The molecule has 0 spiro atoms. The highest BCUT2D eigenvalue weighted by molar-refractivity contribution is 6.45. The fraction of sp³-hybridized carbons (Fsp3) is 0.344. The van der Waals surface area contributed by atoms with E-state index in [0.29, 0.717) is 134 Å². The largest absolute Gasteiger partial charge is 0.487 e. The highest BCUT2D eigenvalue weighted by Crippen LogP contribution is 2.53. The van der Waals surface area contributed by atoms with E-state index < -0.39 is 11.8 Å². The zero-order valence-corrected chi connectivity index (χ0v) is 44.9. The average Bonchev–Trinajstić information content (AvgIpc) is 3.57. The van der Waals surface area contributed by atoms with Crippen molar-refractivity contribution in [2.24, 2.45) is 0 Å². The summed E-state index contributed by atoms with van der Waals surface area (Å²) in [7, 11) is 0. The normalized spacial score (nSPS) is 15.9. The maximum atomic E-state index is 15.5. The van der Waals surface area contributed by atoms with Crippen LogP contribution in [0.25, 0.3) is 43.1 Å². The van der Waals surface area contributed by atoms with Gasteiger partial charge in [-0.05, 0) is 99.8 Å². The lowest BCUT2D eigenvalue weighted by molar-refractivity contribution is 0.00708. The minimum atomic E-state index is -0.574. The minimum absolute atomic E-state index is 0.111. The predicted molar refractivity (Wildman–Crippen MR) is 299 cm³/mol. The van der Waals surface area contributed by atoms with Crippen molar-refractivity contribution in [1.29, 1.82) is 0 Å². The molecule has 0 saturated carbocycles. The van der Waals surface area contributed by atoms with Crippen LogP contribution in [0.1, 0.15) is 127 Å². The van der Waals surface area contributed by atoms with Gasteiger partial charge in [-0.25, -0.2) is 4.90 Å². The Bertz CT molecular complexity index is 3610. The lowest BCUT2D eigenvalue weighted by atomic mass is 9.81. The van der Waals surface area contributed by atoms with Crippen LogP contribution in [0.15, 0.2) is 103 Å². The molecule has 0 bridgehead atoms. The summed E-state index contributed by atoms with van der Waals surface area (Å²) in [5.74, 6) is 0.686. The molecule has 0 N–H and O–H groups in total. The predicted octanol–water partition coefficient (Wildman–Crippen LogP) is 13.7. The molecule has 13 nitrogen and oxygen atoms in total. The molecule has 396 valence electrons. The van der Waals surface area contributed by atoms with E-state index in [9.17, 15) is 9.59 Å². The van der Waals surface area contributed by atoms with E-state index in [0.717, 1.165) is 30.4 Å². The number of hydrogen-bond donors (Lipinski definition) is 0. The number of benzene rings is 8. The second-order valence-electron chi connectivity index (χ2n) is 22.1. The third kappa shape index (κ3) is 9.59. The Balaban J connectivity index is 1.13. The summed E-state index contributed by atoms with van der Waals surface area (Å²) in [5.41, 5.74) is 3.56. The van der Waals surface area contributed by atoms with Gasteiger partial charge in [0.05, 0.1) is 56.5 Å². The van der Waals surface area contributed by atoms with E-state index in [1.165, 1.54) is 9.80 Å². The summed E-state index contributed by atoms with van der Waals surface area (Å²) < 4.78 is 43.2. The van der Waals surface area contributed by atoms with Crippen molar-refractivity contribution in [2.45, 2.75) is 85.0 Å². The molecule has 8 aromatic carbocycles. The summed E-state index contributed by atoms with van der Waals surface area (Å²) in [6.45, 7) is 17.9. The number of anilines is 1. The quantitative estimate of drug-likeness (QED) is 0.0560. The number of hydrogen-bond acceptors (Lipinski definition) is 11. The molecule has 77 heavy (non-hydrogen) atoms. The number of amides is 4. The molecule has 0 aromatic heterocycles. The van der Waals surface area contributed by atoms with Gasteiger partial charge in [-0.1, -0.05) is 104 Å². The van der Waals surface area contributed by atoms with Gasteiger partial charge in [0, 0.05) is 56.1 Å². The van der Waals surface area contributed by atoms with Gasteiger partial charge in [-0.15, -0.1) is 0 Å². The first kappa shape index (κ1) is 51.5. The topological polar surface area (TPSA) is 139 Å². The monoisotopic (exact) mass is 1040 g/mol. The van der Waals surface area contributed by atoms with Crippen molar-refractivity contribution in [1.82, 2.24) is 4.90 Å². The van der Waals surface area contributed by atoms with Crippen LogP contribution >= 0.6 is 0 Å². The summed E-state index contributed by atoms with van der Waals surface area (Å²) in [4.78, 5) is 62.8. The van der Waals surface area contributed by atoms with Gasteiger partial charge in [0.25, 0.3) is 23.6 Å². The molecule has 0 aliphatic carbocycles. The van der Waals surface area contributed by atoms with Crippen LogP contribution in [0, 0.1) is 0 Å². The van der Waals surface area contributed by atoms with Gasteiger partial charge in [0.15, 0.2) is 11.5 Å². The van der Waals surface area contributed by atoms with Crippen LogP contribution in [0.4, 0.5) is 5.69 Å². The van der Waals surface area contributed by atoms with Crippen LogP contribution in [-0.4, -0.2) is 87.9 Å². The molecule has 13 heteroatoms. The number of carbonyl (C=O) groups excluding carboxylic acids is 4. The third-order valence-corrected chi connectivity index (χ3v) is 14.9. The van der Waals surface area contributed by atoms with Gasteiger partial charge in [-0.3, -0.25) is 24.1 Å². The Morgan fingerprint density at radius 2 is 0.896 bits per heavy atom. The molecule has 0 unspecified atom stereocenters. The highest BCUT2D eigenvalue weighted by atomic mass is 16.6. The zero-order valence-electron chi connectivity index (χ0n) is 44.9.